The Balaban J connectivity index is 2.47. The van der Waals surface area contributed by atoms with E-state index in [2.05, 4.69) is 21.2 Å². The van der Waals surface area contributed by atoms with E-state index in [1.54, 1.807) is 12.1 Å². The Bertz CT molecular complexity index is 476. The predicted octanol–water partition coefficient (Wildman–Crippen LogP) is 1.08. The highest BCUT2D eigenvalue weighted by Crippen LogP contribution is 2.31. The van der Waals surface area contributed by atoms with Gasteiger partial charge in [0.1, 0.15) is 0 Å². The molecule has 0 fully saturated rings. The molecule has 0 spiro atoms. The molecule has 2 rings (SSSR count). The maximum absolute atomic E-state index is 11.7. The molecule has 1 aliphatic heterocycles. The number of amides is 2. The minimum absolute atomic E-state index is 0.0693. The molecular formula is C11H12BrN3O2. The van der Waals surface area contributed by atoms with Crippen molar-refractivity contribution >= 4 is 39.1 Å². The Morgan fingerprint density at radius 3 is 3.00 bits per heavy atom. The summed E-state index contributed by atoms with van der Waals surface area (Å²) in [4.78, 5) is 24.8. The second-order valence-corrected chi connectivity index (χ2v) is 4.62. The molecule has 0 radical (unpaired) electrons. The fourth-order valence-electron chi connectivity index (χ4n) is 1.75. The zero-order valence-corrected chi connectivity index (χ0v) is 10.7. The van der Waals surface area contributed by atoms with Gasteiger partial charge in [-0.3, -0.25) is 9.59 Å². The molecule has 0 saturated carbocycles. The molecule has 0 aromatic heterocycles. The highest BCUT2D eigenvalue weighted by Gasteiger charge is 2.23. The van der Waals surface area contributed by atoms with Gasteiger partial charge in [-0.15, -0.1) is 0 Å². The average molecular weight is 298 g/mol. The fourth-order valence-corrected chi connectivity index (χ4v) is 2.10. The molecule has 1 heterocycles. The van der Waals surface area contributed by atoms with Crippen molar-refractivity contribution in [2.24, 2.45) is 5.73 Å². The van der Waals surface area contributed by atoms with Crippen molar-refractivity contribution in [1.82, 2.24) is 0 Å². The molecule has 2 amide bonds. The minimum Gasteiger partial charge on any atom is -0.324 e. The van der Waals surface area contributed by atoms with E-state index < -0.39 is 0 Å². The predicted molar refractivity (Wildman–Crippen MR) is 68.8 cm³/mol. The van der Waals surface area contributed by atoms with Gasteiger partial charge in [0.15, 0.2) is 0 Å². The summed E-state index contributed by atoms with van der Waals surface area (Å²) in [5, 5.41) is 2.76. The first-order valence-electron chi connectivity index (χ1n) is 5.21. The lowest BCUT2D eigenvalue weighted by molar-refractivity contribution is -0.117. The van der Waals surface area contributed by atoms with Crippen LogP contribution in [-0.2, 0) is 9.59 Å². The molecule has 17 heavy (non-hydrogen) atoms. The van der Waals surface area contributed by atoms with E-state index in [-0.39, 0.29) is 24.8 Å². The summed E-state index contributed by atoms with van der Waals surface area (Å²) in [5.74, 6) is -0.290. The number of fused-ring (bicyclic) bond motifs is 1. The van der Waals surface area contributed by atoms with Gasteiger partial charge in [0, 0.05) is 17.4 Å². The van der Waals surface area contributed by atoms with Crippen LogP contribution in [0.1, 0.15) is 6.42 Å². The number of hydrogen-bond acceptors (Lipinski definition) is 3. The summed E-state index contributed by atoms with van der Waals surface area (Å²) in [6, 6.07) is 5.38. The van der Waals surface area contributed by atoms with Crippen molar-refractivity contribution in [3.63, 3.8) is 0 Å². The first kappa shape index (κ1) is 12.1. The number of nitrogens with two attached hydrogens (primary N) is 1. The summed E-state index contributed by atoms with van der Waals surface area (Å²) in [7, 11) is 0. The minimum atomic E-state index is -0.194. The number of anilines is 2. The first-order chi connectivity index (χ1) is 8.11. The van der Waals surface area contributed by atoms with Gasteiger partial charge in [-0.05, 0) is 18.2 Å². The van der Waals surface area contributed by atoms with Crippen LogP contribution in [0.15, 0.2) is 22.7 Å². The van der Waals surface area contributed by atoms with E-state index in [0.717, 1.165) is 4.47 Å². The molecule has 5 nitrogen and oxygen atoms in total. The van der Waals surface area contributed by atoms with Crippen molar-refractivity contribution in [3.8, 4) is 0 Å². The number of halogens is 1. The topological polar surface area (TPSA) is 75.4 Å². The molecule has 0 unspecified atom stereocenters. The molecule has 1 aromatic carbocycles. The van der Waals surface area contributed by atoms with Crippen LogP contribution < -0.4 is 16.0 Å². The van der Waals surface area contributed by atoms with Gasteiger partial charge in [-0.1, -0.05) is 15.9 Å². The quantitative estimate of drug-likeness (QED) is 0.814. The molecule has 0 saturated heterocycles. The number of nitrogens with one attached hydrogen (secondary N) is 1. The smallest absolute Gasteiger partial charge is 0.240 e. The molecule has 3 N–H and O–H groups in total. The molecule has 90 valence electrons. The van der Waals surface area contributed by atoms with Crippen LogP contribution in [-0.4, -0.2) is 24.9 Å². The van der Waals surface area contributed by atoms with Crippen molar-refractivity contribution in [1.29, 1.82) is 0 Å². The molecule has 0 atom stereocenters. The summed E-state index contributed by atoms with van der Waals surface area (Å²) < 4.78 is 0.849. The third-order valence-electron chi connectivity index (χ3n) is 2.56. The highest BCUT2D eigenvalue weighted by atomic mass is 79.9. The number of hydrogen-bond donors (Lipinski definition) is 2. The second kappa shape index (κ2) is 4.85. The molecule has 1 aliphatic rings. The number of carbonyl (C=O) groups is 2. The van der Waals surface area contributed by atoms with Crippen LogP contribution in [0.25, 0.3) is 0 Å². The van der Waals surface area contributed by atoms with E-state index >= 15 is 0 Å². The monoisotopic (exact) mass is 297 g/mol. The Kier molecular flexibility index (Phi) is 3.44. The lowest BCUT2D eigenvalue weighted by atomic mass is 10.2. The van der Waals surface area contributed by atoms with Crippen molar-refractivity contribution in [2.75, 3.05) is 23.3 Å². The van der Waals surface area contributed by atoms with Crippen LogP contribution in [0.4, 0.5) is 11.4 Å². The van der Waals surface area contributed by atoms with E-state index in [1.807, 2.05) is 6.07 Å². The molecule has 6 heteroatoms. The Labute approximate surface area is 107 Å². The van der Waals surface area contributed by atoms with Gasteiger partial charge < -0.3 is 16.0 Å². The molecule has 1 aromatic rings. The van der Waals surface area contributed by atoms with Crippen LogP contribution in [0, 0.1) is 0 Å². The van der Waals surface area contributed by atoms with Gasteiger partial charge in [0.25, 0.3) is 0 Å². The molecule has 0 bridgehead atoms. The van der Waals surface area contributed by atoms with Gasteiger partial charge >= 0.3 is 0 Å². The number of rotatable bonds is 1. The lowest BCUT2D eigenvalue weighted by Gasteiger charge is -2.21. The zero-order chi connectivity index (χ0) is 12.4. The number of carbonyl (C=O) groups excluding carboxylic acids is 2. The normalized spacial score (nSPS) is 14.9. The Morgan fingerprint density at radius 2 is 2.29 bits per heavy atom. The van der Waals surface area contributed by atoms with Crippen molar-refractivity contribution in [2.45, 2.75) is 6.42 Å². The third-order valence-corrected chi connectivity index (χ3v) is 3.06. The maximum Gasteiger partial charge on any atom is 0.240 e. The summed E-state index contributed by atoms with van der Waals surface area (Å²) in [5.41, 5.74) is 6.69. The summed E-state index contributed by atoms with van der Waals surface area (Å²) in [6.07, 6.45) is 0.276. The molecule has 0 aliphatic carbocycles. The highest BCUT2D eigenvalue weighted by molar-refractivity contribution is 9.10. The van der Waals surface area contributed by atoms with Gasteiger partial charge in [0.05, 0.1) is 17.9 Å². The zero-order valence-electron chi connectivity index (χ0n) is 9.07. The summed E-state index contributed by atoms with van der Waals surface area (Å²) in [6.45, 7) is 0.283. The van der Waals surface area contributed by atoms with Gasteiger partial charge in [-0.25, -0.2) is 0 Å². The van der Waals surface area contributed by atoms with Crippen LogP contribution >= 0.6 is 15.9 Å². The third kappa shape index (κ3) is 2.48. The van der Waals surface area contributed by atoms with Crippen LogP contribution in [0.5, 0.6) is 0 Å². The van der Waals surface area contributed by atoms with Crippen molar-refractivity contribution < 1.29 is 9.59 Å². The lowest BCUT2D eigenvalue weighted by Crippen LogP contribution is -2.36. The van der Waals surface area contributed by atoms with Gasteiger partial charge in [0.2, 0.25) is 11.8 Å². The van der Waals surface area contributed by atoms with E-state index in [0.29, 0.717) is 17.9 Å². The fraction of sp³-hybridized carbons (Fsp3) is 0.273. The number of nitrogens with zero attached hydrogens (tertiary/aromatic N) is 1. The first-order valence-corrected chi connectivity index (χ1v) is 6.01. The van der Waals surface area contributed by atoms with Gasteiger partial charge in [-0.2, -0.15) is 0 Å². The molecular weight excluding hydrogens is 286 g/mol. The van der Waals surface area contributed by atoms with Crippen LogP contribution in [0.3, 0.4) is 0 Å². The summed E-state index contributed by atoms with van der Waals surface area (Å²) >= 11 is 3.35. The van der Waals surface area contributed by atoms with E-state index in [9.17, 15) is 9.59 Å². The van der Waals surface area contributed by atoms with E-state index in [4.69, 9.17) is 5.73 Å². The maximum atomic E-state index is 11.7. The standard InChI is InChI=1S/C11H12BrN3O2/c12-7-1-2-8-9(5-7)15(11(17)6-13)4-3-10(16)14-8/h1-2,5H,3-4,6,13H2,(H,14,16). The SMILES string of the molecule is NCC(=O)N1CCC(=O)Nc2ccc(Br)cc21. The Morgan fingerprint density at radius 1 is 1.53 bits per heavy atom. The van der Waals surface area contributed by atoms with Crippen LogP contribution in [0.2, 0.25) is 0 Å². The largest absolute Gasteiger partial charge is 0.324 e. The number of benzene rings is 1. The second-order valence-electron chi connectivity index (χ2n) is 3.71. The average Bonchev–Trinajstić information content (AvgIpc) is 2.47. The van der Waals surface area contributed by atoms with Crippen molar-refractivity contribution in [3.05, 3.63) is 22.7 Å². The van der Waals surface area contributed by atoms with E-state index in [1.165, 1.54) is 4.90 Å². The Hall–Kier alpha value is -1.40.